The van der Waals surface area contributed by atoms with Crippen LogP contribution in [0.5, 0.6) is 0 Å². The average molecular weight is 800 g/mol. The van der Waals surface area contributed by atoms with Crippen LogP contribution in [0.25, 0.3) is 42.7 Å². The average Bonchev–Trinajstić information content (AvgIpc) is 3.39. The summed E-state index contributed by atoms with van der Waals surface area (Å²) in [6, 6.07) is 26.9. The van der Waals surface area contributed by atoms with Crippen molar-refractivity contribution in [1.29, 1.82) is 0 Å². The van der Waals surface area contributed by atoms with Gasteiger partial charge >= 0.3 is 0 Å². The first-order valence-electron chi connectivity index (χ1n) is 16.8. The van der Waals surface area contributed by atoms with E-state index in [0.29, 0.717) is 11.3 Å². The van der Waals surface area contributed by atoms with Crippen LogP contribution >= 0.6 is 11.3 Å². The summed E-state index contributed by atoms with van der Waals surface area (Å²) in [5, 5.41) is 3.54. The summed E-state index contributed by atoms with van der Waals surface area (Å²) in [5.41, 5.74) is 4.59. The Morgan fingerprint density at radius 1 is 0.864 bits per heavy atom. The van der Waals surface area contributed by atoms with Crippen LogP contribution < -0.4 is 5.19 Å². The number of thiophene rings is 1. The first-order valence-corrected chi connectivity index (χ1v) is 18.6. The monoisotopic (exact) mass is 800 g/mol. The molecule has 6 heteroatoms. The van der Waals surface area contributed by atoms with Crippen molar-refractivity contribution in [3.05, 3.63) is 114 Å². The molecule has 6 rings (SSSR count). The summed E-state index contributed by atoms with van der Waals surface area (Å²) in [5.74, 6) is -2.18. The van der Waals surface area contributed by atoms with Gasteiger partial charge in [-0.3, -0.25) is 0 Å². The Hall–Kier alpha value is -3.02. The van der Waals surface area contributed by atoms with Gasteiger partial charge in [0.1, 0.15) is 5.82 Å². The maximum Gasteiger partial charge on any atom is 0.143 e. The molecule has 0 aliphatic rings. The van der Waals surface area contributed by atoms with E-state index in [4.69, 9.17) is 6.85 Å². The fraction of sp³-hybridized carbons (Fsp3) is 0.263. The van der Waals surface area contributed by atoms with E-state index in [2.05, 4.69) is 59.9 Å². The van der Waals surface area contributed by atoms with Crippen molar-refractivity contribution in [2.75, 3.05) is 0 Å². The molecule has 0 bridgehead atoms. The molecule has 44 heavy (non-hydrogen) atoms. The maximum absolute atomic E-state index is 14.1. The third-order valence-corrected chi connectivity index (χ3v) is 10.5. The van der Waals surface area contributed by atoms with Crippen molar-refractivity contribution in [2.45, 2.75) is 66.0 Å². The largest absolute Gasteiger partial charge is 0.305 e. The molecular weight excluding hydrogens is 756 g/mol. The van der Waals surface area contributed by atoms with Crippen molar-refractivity contribution < 1.29 is 31.3 Å². The zero-order valence-electron chi connectivity index (χ0n) is 31.0. The molecule has 6 aromatic rings. The molecule has 1 radical (unpaired) electrons. The quantitative estimate of drug-likeness (QED) is 0.128. The van der Waals surface area contributed by atoms with Gasteiger partial charge in [0.2, 0.25) is 0 Å². The standard InChI is InChI=1S/C20H15FNS.C18H24NSi.Ir/c1-12(2)16-10-18(22-11-17(16)21)15-8-5-7-14-13-6-3-4-9-19(13)23-20(14)15;1-13(2)16-11-17(15-9-7-14(3)8-10-15)19-12-18(16)20(4,5)6;/h3-7,9-12H,1-2H3;7-9,11-13H,1-6H3;/q2*-1;/i12D;3D3,13D;. The molecule has 0 saturated carbocycles. The topological polar surface area (TPSA) is 25.8 Å². The molecule has 3 aromatic carbocycles. The number of aryl methyl sites for hydroxylation is 1. The molecule has 0 fully saturated rings. The molecule has 229 valence electrons. The van der Waals surface area contributed by atoms with Gasteiger partial charge in [-0.2, -0.15) is 11.3 Å². The number of benzene rings is 3. The molecule has 0 amide bonds. The maximum atomic E-state index is 14.1. The minimum Gasteiger partial charge on any atom is -0.305 e. The first kappa shape index (κ1) is 27.3. The molecule has 0 atom stereocenters. The van der Waals surface area contributed by atoms with Gasteiger partial charge in [0.15, 0.2) is 0 Å². The van der Waals surface area contributed by atoms with Crippen LogP contribution in [0.2, 0.25) is 19.6 Å². The summed E-state index contributed by atoms with van der Waals surface area (Å²) in [6.45, 7) is 11.7. The molecule has 0 spiro atoms. The Balaban J connectivity index is 0.000000216. The van der Waals surface area contributed by atoms with E-state index in [9.17, 15) is 4.39 Å². The summed E-state index contributed by atoms with van der Waals surface area (Å²) in [4.78, 5) is 8.82. The second kappa shape index (κ2) is 14.0. The van der Waals surface area contributed by atoms with Crippen LogP contribution in [-0.2, 0) is 20.1 Å². The SMILES string of the molecule is [2H]C(C)(C)c1cc(-c2[c-]ccc3c2sc2ccccc23)ncc1F.[2H]C([2H])([2H])c1c[c-]c(-c2cc(C([2H])(C)C)c([Si](C)(C)C)cn2)cc1.[Ir]. The number of fused-ring (bicyclic) bond motifs is 3. The zero-order chi connectivity index (χ0) is 35.2. The molecular formula is C38H39FIrN2SSi-2. The predicted octanol–water partition coefficient (Wildman–Crippen LogP) is 10.7. The Labute approximate surface area is 287 Å². The Bertz CT molecular complexity index is 2090. The van der Waals surface area contributed by atoms with E-state index in [1.165, 1.54) is 27.5 Å². The number of nitrogens with zero attached hydrogens (tertiary/aromatic N) is 2. The van der Waals surface area contributed by atoms with Crippen molar-refractivity contribution in [3.8, 4) is 22.5 Å². The Morgan fingerprint density at radius 2 is 1.57 bits per heavy atom. The number of halogens is 1. The number of hydrogen-bond acceptors (Lipinski definition) is 3. The van der Waals surface area contributed by atoms with Crippen LogP contribution in [0.3, 0.4) is 0 Å². The molecule has 0 aliphatic heterocycles. The smallest absolute Gasteiger partial charge is 0.143 e. The number of rotatable bonds is 5. The number of hydrogen-bond donors (Lipinski definition) is 0. The van der Waals surface area contributed by atoms with Gasteiger partial charge in [-0.05, 0) is 50.1 Å². The van der Waals surface area contributed by atoms with E-state index < -0.39 is 32.5 Å². The van der Waals surface area contributed by atoms with E-state index in [1.807, 2.05) is 44.3 Å². The summed E-state index contributed by atoms with van der Waals surface area (Å²) >= 11 is 1.69. The second-order valence-corrected chi connectivity index (χ2v) is 18.2. The normalized spacial score (nSPS) is 14.0. The van der Waals surface area contributed by atoms with Gasteiger partial charge in [-0.15, -0.1) is 59.2 Å². The fourth-order valence-electron chi connectivity index (χ4n) is 5.04. The van der Waals surface area contributed by atoms with Crippen molar-refractivity contribution >= 4 is 44.8 Å². The van der Waals surface area contributed by atoms with E-state index in [-0.39, 0.29) is 25.7 Å². The molecule has 3 aromatic heterocycles. The van der Waals surface area contributed by atoms with Crippen LogP contribution in [0.15, 0.2) is 79.1 Å². The Kier molecular flexibility index (Phi) is 8.66. The fourth-order valence-corrected chi connectivity index (χ4v) is 7.83. The van der Waals surface area contributed by atoms with Gasteiger partial charge in [0, 0.05) is 37.9 Å². The minimum atomic E-state index is -2.13. The predicted molar refractivity (Wildman–Crippen MR) is 186 cm³/mol. The van der Waals surface area contributed by atoms with Crippen LogP contribution in [-0.4, -0.2) is 18.0 Å². The third-order valence-electron chi connectivity index (χ3n) is 7.33. The number of pyridine rings is 2. The summed E-state index contributed by atoms with van der Waals surface area (Å²) < 4.78 is 55.3. The third kappa shape index (κ3) is 7.26. The van der Waals surface area contributed by atoms with Gasteiger partial charge in [0.25, 0.3) is 0 Å². The molecule has 0 aliphatic carbocycles. The van der Waals surface area contributed by atoms with Crippen LogP contribution in [0.4, 0.5) is 4.39 Å². The van der Waals surface area contributed by atoms with E-state index >= 15 is 0 Å². The minimum absolute atomic E-state index is 0. The molecule has 0 N–H and O–H groups in total. The van der Waals surface area contributed by atoms with Gasteiger partial charge < -0.3 is 9.97 Å². The van der Waals surface area contributed by atoms with Crippen molar-refractivity contribution in [1.82, 2.24) is 9.97 Å². The van der Waals surface area contributed by atoms with Crippen molar-refractivity contribution in [3.63, 3.8) is 0 Å². The summed E-state index contributed by atoms with van der Waals surface area (Å²) in [7, 11) is -1.61. The van der Waals surface area contributed by atoms with Crippen LogP contribution in [0, 0.1) is 24.8 Å². The first-order chi connectivity index (χ1) is 22.2. The van der Waals surface area contributed by atoms with Crippen molar-refractivity contribution in [2.24, 2.45) is 0 Å². The van der Waals surface area contributed by atoms with Crippen LogP contribution in [0.1, 0.15) is 63.0 Å². The molecule has 0 saturated heterocycles. The van der Waals surface area contributed by atoms with Gasteiger partial charge in [-0.1, -0.05) is 95.5 Å². The Morgan fingerprint density at radius 3 is 2.23 bits per heavy atom. The van der Waals surface area contributed by atoms with Gasteiger partial charge in [-0.25, -0.2) is 4.39 Å². The zero-order valence-corrected chi connectivity index (χ0v) is 30.2. The molecule has 2 nitrogen and oxygen atoms in total. The molecule has 3 heterocycles. The number of aromatic nitrogens is 2. The summed E-state index contributed by atoms with van der Waals surface area (Å²) in [6.07, 6.45) is 3.10. The van der Waals surface area contributed by atoms with Gasteiger partial charge in [0.05, 0.1) is 14.3 Å². The van der Waals surface area contributed by atoms with E-state index in [0.717, 1.165) is 32.5 Å². The second-order valence-electron chi connectivity index (χ2n) is 12.1. The van der Waals surface area contributed by atoms with E-state index in [1.54, 1.807) is 43.4 Å². The molecule has 0 unspecified atom stereocenters.